The maximum atomic E-state index is 12.8. The molecule has 0 spiro atoms. The molecule has 0 bridgehead atoms. The average molecular weight is 321 g/mol. The van der Waals surface area contributed by atoms with E-state index in [1.807, 2.05) is 0 Å². The summed E-state index contributed by atoms with van der Waals surface area (Å²) in [5.41, 5.74) is 1.74. The topological polar surface area (TPSA) is 103 Å². The molecular weight excluding hydrogens is 306 g/mol. The number of carboxylic acid groups (broad SMARTS) is 1. The fourth-order valence-electron chi connectivity index (χ4n) is 2.79. The molecule has 22 heavy (non-hydrogen) atoms. The van der Waals surface area contributed by atoms with Gasteiger partial charge < -0.3 is 5.11 Å². The number of carbonyl (C=O) groups is 1. The summed E-state index contributed by atoms with van der Waals surface area (Å²) < 4.78 is 26.9. The second-order valence-corrected chi connectivity index (χ2v) is 7.08. The number of aromatic nitrogens is 2. The first-order valence-electron chi connectivity index (χ1n) is 6.74. The summed E-state index contributed by atoms with van der Waals surface area (Å²) in [5, 5.41) is 15.4. The van der Waals surface area contributed by atoms with Crippen LogP contribution in [-0.2, 0) is 14.8 Å². The highest BCUT2D eigenvalue weighted by molar-refractivity contribution is 7.92. The van der Waals surface area contributed by atoms with Crippen LogP contribution >= 0.6 is 0 Å². The number of hydrogen-bond acceptors (Lipinski definition) is 4. The van der Waals surface area contributed by atoms with Gasteiger partial charge in [0.15, 0.2) is 0 Å². The molecule has 116 valence electrons. The van der Waals surface area contributed by atoms with Crippen LogP contribution in [0.2, 0.25) is 0 Å². The van der Waals surface area contributed by atoms with Crippen molar-refractivity contribution in [1.29, 1.82) is 0 Å². The Balaban J connectivity index is 2.06. The monoisotopic (exact) mass is 321 g/mol. The molecule has 0 aliphatic carbocycles. The lowest BCUT2D eigenvalue weighted by atomic mass is 9.98. The summed E-state index contributed by atoms with van der Waals surface area (Å²) in [6, 6.07) is 7.00. The Hall–Kier alpha value is -2.35. The molecule has 0 fully saturated rings. The third-order valence-corrected chi connectivity index (χ3v) is 5.70. The number of para-hydroxylation sites is 1. The number of anilines is 1. The molecule has 0 saturated carbocycles. The van der Waals surface area contributed by atoms with Gasteiger partial charge >= 0.3 is 5.97 Å². The summed E-state index contributed by atoms with van der Waals surface area (Å²) in [7, 11) is -3.76. The molecule has 3 rings (SSSR count). The van der Waals surface area contributed by atoms with Crippen LogP contribution in [0.15, 0.2) is 35.4 Å². The number of aromatic amines is 1. The van der Waals surface area contributed by atoms with Gasteiger partial charge in [-0.05, 0) is 18.6 Å². The third kappa shape index (κ3) is 2.25. The van der Waals surface area contributed by atoms with E-state index < -0.39 is 16.0 Å². The zero-order valence-corrected chi connectivity index (χ0v) is 12.7. The predicted octanol–water partition coefficient (Wildman–Crippen LogP) is 1.49. The van der Waals surface area contributed by atoms with Gasteiger partial charge in [-0.1, -0.05) is 18.2 Å². The minimum atomic E-state index is -3.76. The van der Waals surface area contributed by atoms with Gasteiger partial charge in [0, 0.05) is 12.5 Å². The molecule has 1 aromatic heterocycles. The Labute approximate surface area is 127 Å². The van der Waals surface area contributed by atoms with E-state index in [-0.39, 0.29) is 23.8 Å². The number of nitrogens with one attached hydrogen (secondary N) is 1. The van der Waals surface area contributed by atoms with E-state index >= 15 is 0 Å². The summed E-state index contributed by atoms with van der Waals surface area (Å²) >= 11 is 0. The van der Waals surface area contributed by atoms with Gasteiger partial charge in [-0.3, -0.25) is 14.2 Å². The Morgan fingerprint density at radius 2 is 2.18 bits per heavy atom. The molecule has 2 aromatic rings. The zero-order valence-electron chi connectivity index (χ0n) is 11.9. The maximum absolute atomic E-state index is 12.8. The fraction of sp³-hybridized carbons (Fsp3) is 0.286. The molecule has 1 atom stereocenters. The number of fused-ring (bicyclic) bond motifs is 1. The maximum Gasteiger partial charge on any atom is 0.304 e. The Kier molecular flexibility index (Phi) is 3.40. The lowest BCUT2D eigenvalue weighted by molar-refractivity contribution is -0.137. The number of H-pyrrole nitrogens is 1. The first-order chi connectivity index (χ1) is 10.4. The van der Waals surface area contributed by atoms with Gasteiger partial charge in [-0.15, -0.1) is 0 Å². The molecule has 8 heteroatoms. The molecule has 2 N–H and O–H groups in total. The fourth-order valence-corrected chi connectivity index (χ4v) is 4.45. The molecule has 0 radical (unpaired) electrons. The van der Waals surface area contributed by atoms with E-state index in [0.717, 1.165) is 5.56 Å². The van der Waals surface area contributed by atoms with Gasteiger partial charge in [-0.2, -0.15) is 5.10 Å². The summed E-state index contributed by atoms with van der Waals surface area (Å²) in [6.07, 6.45) is 1.17. The summed E-state index contributed by atoms with van der Waals surface area (Å²) in [5.74, 6) is -1.30. The minimum Gasteiger partial charge on any atom is -0.481 e. The third-order valence-electron chi connectivity index (χ3n) is 3.80. The van der Waals surface area contributed by atoms with E-state index in [1.54, 1.807) is 31.2 Å². The first kappa shape index (κ1) is 14.6. The molecular formula is C14H15N3O4S. The van der Waals surface area contributed by atoms with Crippen molar-refractivity contribution in [3.05, 3.63) is 41.7 Å². The lowest BCUT2D eigenvalue weighted by Crippen LogP contribution is -2.30. The lowest BCUT2D eigenvalue weighted by Gasteiger charge is -2.19. The highest BCUT2D eigenvalue weighted by Gasteiger charge is 2.38. The van der Waals surface area contributed by atoms with Crippen molar-refractivity contribution in [2.24, 2.45) is 0 Å². The first-order valence-corrected chi connectivity index (χ1v) is 8.18. The van der Waals surface area contributed by atoms with E-state index in [2.05, 4.69) is 10.2 Å². The number of sulfonamides is 1. The summed E-state index contributed by atoms with van der Waals surface area (Å²) in [6.45, 7) is 1.76. The van der Waals surface area contributed by atoms with E-state index in [4.69, 9.17) is 5.11 Å². The normalized spacial score (nSPS) is 17.5. The van der Waals surface area contributed by atoms with E-state index in [0.29, 0.717) is 11.4 Å². The highest BCUT2D eigenvalue weighted by atomic mass is 32.2. The van der Waals surface area contributed by atoms with Crippen molar-refractivity contribution >= 4 is 21.7 Å². The van der Waals surface area contributed by atoms with Crippen molar-refractivity contribution in [3.8, 4) is 0 Å². The number of hydrogen-bond donors (Lipinski definition) is 2. The number of rotatable bonds is 4. The number of benzene rings is 1. The SMILES string of the molecule is Cc1[nH]ncc1S(=O)(=O)N1CC(CC(=O)O)c2ccccc21. The van der Waals surface area contributed by atoms with Crippen LogP contribution in [0.25, 0.3) is 0 Å². The van der Waals surface area contributed by atoms with Crippen LogP contribution < -0.4 is 4.31 Å². The number of nitrogens with zero attached hydrogens (tertiary/aromatic N) is 2. The Morgan fingerprint density at radius 1 is 1.45 bits per heavy atom. The predicted molar refractivity (Wildman–Crippen MR) is 79.3 cm³/mol. The van der Waals surface area contributed by atoms with Crippen LogP contribution in [0, 0.1) is 6.92 Å². The molecule has 1 unspecified atom stereocenters. The van der Waals surface area contributed by atoms with Crippen LogP contribution in [-0.4, -0.2) is 36.2 Å². The van der Waals surface area contributed by atoms with Crippen LogP contribution in [0.3, 0.4) is 0 Å². The quantitative estimate of drug-likeness (QED) is 0.888. The van der Waals surface area contributed by atoms with Crippen molar-refractivity contribution in [3.63, 3.8) is 0 Å². The van der Waals surface area contributed by atoms with Gasteiger partial charge in [0.2, 0.25) is 0 Å². The molecule has 1 aliphatic heterocycles. The number of aliphatic carboxylic acids is 1. The largest absolute Gasteiger partial charge is 0.481 e. The van der Waals surface area contributed by atoms with E-state index in [9.17, 15) is 13.2 Å². The Bertz CT molecular complexity index is 828. The second-order valence-electron chi connectivity index (χ2n) is 5.25. The minimum absolute atomic E-state index is 0.104. The van der Waals surface area contributed by atoms with Crippen LogP contribution in [0.1, 0.15) is 23.6 Å². The molecule has 0 amide bonds. The van der Waals surface area contributed by atoms with E-state index in [1.165, 1.54) is 10.5 Å². The van der Waals surface area contributed by atoms with Gasteiger partial charge in [-0.25, -0.2) is 8.42 Å². The standard InChI is InChI=1S/C14H15N3O4S/c1-9-13(7-15-16-9)22(20,21)17-8-10(6-14(18)19)11-4-2-3-5-12(11)17/h2-5,7,10H,6,8H2,1H3,(H,15,16)(H,18,19). The molecule has 1 aliphatic rings. The number of carboxylic acids is 1. The molecule has 7 nitrogen and oxygen atoms in total. The van der Waals surface area contributed by atoms with Crippen molar-refractivity contribution < 1.29 is 18.3 Å². The van der Waals surface area contributed by atoms with Gasteiger partial charge in [0.1, 0.15) is 4.90 Å². The van der Waals surface area contributed by atoms with Crippen molar-refractivity contribution in [2.75, 3.05) is 10.8 Å². The number of aryl methyl sites for hydroxylation is 1. The van der Waals surface area contributed by atoms with Crippen molar-refractivity contribution in [1.82, 2.24) is 10.2 Å². The second kappa shape index (κ2) is 5.13. The zero-order chi connectivity index (χ0) is 15.9. The van der Waals surface area contributed by atoms with Crippen molar-refractivity contribution in [2.45, 2.75) is 24.2 Å². The van der Waals surface area contributed by atoms with Gasteiger partial charge in [0.05, 0.1) is 24.0 Å². The molecule has 0 saturated heterocycles. The molecule has 2 heterocycles. The Morgan fingerprint density at radius 3 is 2.82 bits per heavy atom. The average Bonchev–Trinajstić information content (AvgIpc) is 3.04. The van der Waals surface area contributed by atoms with Crippen LogP contribution in [0.5, 0.6) is 0 Å². The highest BCUT2D eigenvalue weighted by Crippen LogP contribution is 2.41. The summed E-state index contributed by atoms with van der Waals surface area (Å²) in [4.78, 5) is 11.1. The smallest absolute Gasteiger partial charge is 0.304 e. The van der Waals surface area contributed by atoms with Crippen LogP contribution in [0.4, 0.5) is 5.69 Å². The van der Waals surface area contributed by atoms with Gasteiger partial charge in [0.25, 0.3) is 10.0 Å². The molecule has 1 aromatic carbocycles.